The first kappa shape index (κ1) is 20.5. The van der Waals surface area contributed by atoms with Gasteiger partial charge < -0.3 is 4.98 Å². The van der Waals surface area contributed by atoms with Crippen LogP contribution >= 0.6 is 0 Å². The van der Waals surface area contributed by atoms with Crippen molar-refractivity contribution in [1.29, 1.82) is 5.26 Å². The number of pyridine rings is 2. The van der Waals surface area contributed by atoms with Gasteiger partial charge in [0.25, 0.3) is 0 Å². The molecule has 3 aromatic heterocycles. The molecule has 1 N–H and O–H groups in total. The van der Waals surface area contributed by atoms with E-state index in [4.69, 9.17) is 5.26 Å². The summed E-state index contributed by atoms with van der Waals surface area (Å²) >= 11 is 0. The lowest BCUT2D eigenvalue weighted by Gasteiger charge is -2.32. The van der Waals surface area contributed by atoms with Crippen molar-refractivity contribution in [1.82, 2.24) is 19.9 Å². The van der Waals surface area contributed by atoms with Crippen molar-refractivity contribution < 1.29 is 13.2 Å². The van der Waals surface area contributed by atoms with Gasteiger partial charge >= 0.3 is 6.18 Å². The van der Waals surface area contributed by atoms with Crippen molar-refractivity contribution in [3.8, 4) is 17.2 Å². The lowest BCUT2D eigenvalue weighted by Crippen LogP contribution is -2.38. The zero-order valence-electron chi connectivity index (χ0n) is 17.2. The highest BCUT2D eigenvalue weighted by molar-refractivity contribution is 6.06. The number of aromatic amines is 1. The van der Waals surface area contributed by atoms with Gasteiger partial charge in [-0.2, -0.15) is 18.4 Å². The normalized spacial score (nSPS) is 15.9. The minimum absolute atomic E-state index is 0.168. The van der Waals surface area contributed by atoms with Crippen molar-refractivity contribution in [2.24, 2.45) is 5.92 Å². The summed E-state index contributed by atoms with van der Waals surface area (Å²) in [6.45, 7) is 1.58. The summed E-state index contributed by atoms with van der Waals surface area (Å²) in [6.07, 6.45) is -0.309. The van der Waals surface area contributed by atoms with E-state index < -0.39 is 12.1 Å². The highest BCUT2D eigenvalue weighted by atomic mass is 19.4. The maximum absolute atomic E-state index is 12.9. The quantitative estimate of drug-likeness (QED) is 0.466. The molecule has 0 spiro atoms. The number of H-pyrrole nitrogens is 1. The van der Waals surface area contributed by atoms with Crippen LogP contribution in [0.4, 0.5) is 13.2 Å². The predicted molar refractivity (Wildman–Crippen MR) is 116 cm³/mol. The van der Waals surface area contributed by atoms with Crippen LogP contribution in [-0.2, 0) is 6.54 Å². The molecular formula is C24H20F3N5. The van der Waals surface area contributed by atoms with Crippen LogP contribution in [0.25, 0.3) is 33.1 Å². The summed E-state index contributed by atoms with van der Waals surface area (Å²) < 4.78 is 38.6. The number of aromatic nitrogens is 3. The van der Waals surface area contributed by atoms with E-state index in [1.807, 2.05) is 30.3 Å². The Morgan fingerprint density at radius 2 is 1.75 bits per heavy atom. The van der Waals surface area contributed by atoms with Crippen LogP contribution in [0.15, 0.2) is 48.8 Å². The van der Waals surface area contributed by atoms with Crippen LogP contribution in [0.2, 0.25) is 0 Å². The summed E-state index contributed by atoms with van der Waals surface area (Å²) in [5, 5.41) is 11.0. The number of alkyl halides is 3. The molecule has 162 valence electrons. The van der Waals surface area contributed by atoms with E-state index >= 15 is 0 Å². The van der Waals surface area contributed by atoms with Gasteiger partial charge in [0.1, 0.15) is 17.4 Å². The van der Waals surface area contributed by atoms with Crippen LogP contribution in [0, 0.1) is 17.2 Å². The molecule has 32 heavy (non-hydrogen) atoms. The Labute approximate surface area is 182 Å². The van der Waals surface area contributed by atoms with E-state index in [1.54, 1.807) is 18.5 Å². The maximum atomic E-state index is 12.9. The number of fused-ring (bicyclic) bond motifs is 3. The number of hydrogen-bond acceptors (Lipinski definition) is 4. The summed E-state index contributed by atoms with van der Waals surface area (Å²) in [5.74, 6) is -1.17. The zero-order chi connectivity index (χ0) is 22.3. The molecule has 4 heterocycles. The van der Waals surface area contributed by atoms with Crippen molar-refractivity contribution in [2.45, 2.75) is 25.6 Å². The summed E-state index contributed by atoms with van der Waals surface area (Å²) in [6, 6.07) is 13.9. The number of nitrogens with one attached hydrogen (secondary N) is 1. The molecule has 0 atom stereocenters. The van der Waals surface area contributed by atoms with E-state index in [0.29, 0.717) is 25.3 Å². The van der Waals surface area contributed by atoms with Crippen LogP contribution in [-0.4, -0.2) is 39.1 Å². The molecule has 5 rings (SSSR count). The third kappa shape index (κ3) is 3.92. The SMILES string of the molecule is N#Cc1cc2c(cn1)[nH]c1ncc(-c3ccc(CN4CCC(C(F)(F)F)CC4)cc3)cc12. The standard InChI is InChI=1S/C24H20F3N5/c25-24(26,27)18-5-7-32(8-6-18)14-15-1-3-16(4-2-15)17-9-21-20-10-19(11-28)29-13-22(20)31-23(21)30-12-17/h1-4,9-10,12-13,18H,5-8,14H2,(H,30,31). The summed E-state index contributed by atoms with van der Waals surface area (Å²) in [5.41, 5.74) is 4.94. The minimum Gasteiger partial charge on any atom is -0.338 e. The van der Waals surface area contributed by atoms with Crippen LogP contribution < -0.4 is 0 Å². The fourth-order valence-electron chi connectivity index (χ4n) is 4.37. The number of piperidine rings is 1. The van der Waals surface area contributed by atoms with Crippen LogP contribution in [0.3, 0.4) is 0 Å². The van der Waals surface area contributed by atoms with Gasteiger partial charge in [0.15, 0.2) is 0 Å². The first-order chi connectivity index (χ1) is 15.4. The Bertz CT molecular complexity index is 1310. The fraction of sp³-hybridized carbons (Fsp3) is 0.292. The molecule has 0 radical (unpaired) electrons. The Hall–Kier alpha value is -3.44. The number of benzene rings is 1. The van der Waals surface area contributed by atoms with Gasteiger partial charge in [0, 0.05) is 29.1 Å². The number of hydrogen-bond donors (Lipinski definition) is 1. The molecule has 8 heteroatoms. The monoisotopic (exact) mass is 435 g/mol. The average Bonchev–Trinajstić information content (AvgIpc) is 3.16. The highest BCUT2D eigenvalue weighted by Gasteiger charge is 2.40. The Morgan fingerprint density at radius 1 is 1.00 bits per heavy atom. The third-order valence-electron chi connectivity index (χ3n) is 6.19. The Balaban J connectivity index is 1.34. The van der Waals surface area contributed by atoms with Gasteiger partial charge in [-0.3, -0.25) is 4.90 Å². The zero-order valence-corrected chi connectivity index (χ0v) is 17.2. The molecule has 1 fully saturated rings. The molecule has 0 aliphatic carbocycles. The lowest BCUT2D eigenvalue weighted by molar-refractivity contribution is -0.185. The van der Waals surface area contributed by atoms with E-state index in [1.165, 1.54) is 0 Å². The average molecular weight is 435 g/mol. The van der Waals surface area contributed by atoms with Gasteiger partial charge in [-0.25, -0.2) is 9.97 Å². The van der Waals surface area contributed by atoms with Gasteiger partial charge in [0.05, 0.1) is 17.6 Å². The molecule has 0 amide bonds. The van der Waals surface area contributed by atoms with Crippen molar-refractivity contribution in [2.75, 3.05) is 13.1 Å². The van der Waals surface area contributed by atoms with E-state index in [9.17, 15) is 13.2 Å². The second kappa shape index (κ2) is 7.92. The molecule has 5 nitrogen and oxygen atoms in total. The summed E-state index contributed by atoms with van der Waals surface area (Å²) in [4.78, 5) is 13.9. The molecule has 4 aromatic rings. The second-order valence-corrected chi connectivity index (χ2v) is 8.26. The fourth-order valence-corrected chi connectivity index (χ4v) is 4.37. The van der Waals surface area contributed by atoms with Crippen LogP contribution in [0.5, 0.6) is 0 Å². The van der Waals surface area contributed by atoms with E-state index in [2.05, 4.69) is 25.9 Å². The third-order valence-corrected chi connectivity index (χ3v) is 6.19. The topological polar surface area (TPSA) is 68.6 Å². The molecule has 1 aliphatic heterocycles. The second-order valence-electron chi connectivity index (χ2n) is 8.26. The first-order valence-electron chi connectivity index (χ1n) is 10.5. The molecular weight excluding hydrogens is 415 g/mol. The molecule has 1 aromatic carbocycles. The minimum atomic E-state index is -4.08. The smallest absolute Gasteiger partial charge is 0.338 e. The highest BCUT2D eigenvalue weighted by Crippen LogP contribution is 2.34. The maximum Gasteiger partial charge on any atom is 0.391 e. The number of likely N-dealkylation sites (tertiary alicyclic amines) is 1. The molecule has 0 bridgehead atoms. The Morgan fingerprint density at radius 3 is 2.44 bits per heavy atom. The van der Waals surface area contributed by atoms with Crippen molar-refractivity contribution >= 4 is 21.9 Å². The molecule has 0 saturated carbocycles. The van der Waals surface area contributed by atoms with Gasteiger partial charge in [-0.1, -0.05) is 24.3 Å². The number of nitriles is 1. The van der Waals surface area contributed by atoms with Crippen LogP contribution in [0.1, 0.15) is 24.1 Å². The summed E-state index contributed by atoms with van der Waals surface area (Å²) in [7, 11) is 0. The van der Waals surface area contributed by atoms with Gasteiger partial charge in [0.2, 0.25) is 0 Å². The van der Waals surface area contributed by atoms with Crippen molar-refractivity contribution in [3.05, 3.63) is 60.0 Å². The Kier molecular flexibility index (Phi) is 5.06. The van der Waals surface area contributed by atoms with E-state index in [0.717, 1.165) is 38.6 Å². The van der Waals surface area contributed by atoms with Gasteiger partial charge in [-0.15, -0.1) is 0 Å². The first-order valence-corrected chi connectivity index (χ1v) is 10.5. The number of halogens is 3. The van der Waals surface area contributed by atoms with Crippen molar-refractivity contribution in [3.63, 3.8) is 0 Å². The van der Waals surface area contributed by atoms with E-state index in [-0.39, 0.29) is 12.8 Å². The lowest BCUT2D eigenvalue weighted by atomic mass is 9.96. The number of rotatable bonds is 3. The molecule has 1 aliphatic rings. The predicted octanol–water partition coefficient (Wildman–Crippen LogP) is 5.42. The largest absolute Gasteiger partial charge is 0.391 e. The van der Waals surface area contributed by atoms with Gasteiger partial charge in [-0.05, 0) is 49.2 Å². The molecule has 0 unspecified atom stereocenters. The molecule has 1 saturated heterocycles. The number of nitrogens with zero attached hydrogens (tertiary/aromatic N) is 4.